The van der Waals surface area contributed by atoms with Crippen molar-refractivity contribution in [3.63, 3.8) is 0 Å². The van der Waals surface area contributed by atoms with Gasteiger partial charge in [0.2, 0.25) is 5.91 Å². The molecule has 1 amide bonds. The number of carbonyl (C=O) groups excluding carboxylic acids is 4. The lowest BCUT2D eigenvalue weighted by molar-refractivity contribution is -0.832. The number of carbonyl (C=O) groups is 4. The number of nitrogens with zero attached hydrogens (tertiary/aromatic N) is 4. The van der Waals surface area contributed by atoms with E-state index in [9.17, 15) is 28.5 Å². The zero-order valence-corrected chi connectivity index (χ0v) is 38.3. The highest BCUT2D eigenvalue weighted by Crippen LogP contribution is 2.74. The van der Waals surface area contributed by atoms with Crippen LogP contribution in [0, 0.1) is 66.8 Å². The van der Waals surface area contributed by atoms with Gasteiger partial charge in [-0.05, 0) is 122 Å². The van der Waals surface area contributed by atoms with E-state index in [2.05, 4.69) is 50.5 Å². The van der Waals surface area contributed by atoms with E-state index in [1.54, 1.807) is 11.0 Å². The van der Waals surface area contributed by atoms with Crippen molar-refractivity contribution >= 4 is 33.3 Å². The number of nitriles is 1. The van der Waals surface area contributed by atoms with Crippen LogP contribution in [0.4, 0.5) is 0 Å². The Kier molecular flexibility index (Phi) is 10.9. The molecule has 0 bridgehead atoms. The Balaban J connectivity index is 0.974. The number of aromatic nitrogens is 2. The number of esters is 1. The highest BCUT2D eigenvalue weighted by Gasteiger charge is 2.71. The van der Waals surface area contributed by atoms with Crippen molar-refractivity contribution in [2.45, 2.75) is 135 Å². The lowest BCUT2D eigenvalue weighted by atomic mass is 9.34. The van der Waals surface area contributed by atoms with Crippen LogP contribution in [0.1, 0.15) is 119 Å². The third kappa shape index (κ3) is 6.78. The summed E-state index contributed by atoms with van der Waals surface area (Å²) in [6.45, 7) is 15.4. The van der Waals surface area contributed by atoms with Crippen LogP contribution in [0.2, 0.25) is 0 Å². The number of rotatable bonds is 10. The van der Waals surface area contributed by atoms with Crippen molar-refractivity contribution < 1.29 is 46.6 Å². The van der Waals surface area contributed by atoms with Crippen LogP contribution in [0.15, 0.2) is 68.2 Å². The summed E-state index contributed by atoms with van der Waals surface area (Å²) in [6.07, 6.45) is 10.5. The quantitative estimate of drug-likeness (QED) is 0.134. The van der Waals surface area contributed by atoms with Gasteiger partial charge in [-0.1, -0.05) is 78.3 Å². The summed E-state index contributed by atoms with van der Waals surface area (Å²) in [5.74, 6) is -1.83. The van der Waals surface area contributed by atoms with Gasteiger partial charge in [-0.3, -0.25) is 19.0 Å². The molecule has 1 aromatic heterocycles. The van der Waals surface area contributed by atoms with Gasteiger partial charge in [0.15, 0.2) is 11.6 Å². The van der Waals surface area contributed by atoms with Gasteiger partial charge in [0.1, 0.15) is 12.1 Å². The van der Waals surface area contributed by atoms with Crippen LogP contribution in [-0.4, -0.2) is 67.7 Å². The molecule has 0 spiro atoms. The minimum atomic E-state index is -4.26. The molecule has 2 heterocycles. The van der Waals surface area contributed by atoms with Crippen molar-refractivity contribution in [3.8, 4) is 11.9 Å². The van der Waals surface area contributed by atoms with Crippen molar-refractivity contribution in [1.82, 2.24) is 10.1 Å². The predicted molar refractivity (Wildman–Crippen MR) is 227 cm³/mol. The molecule has 63 heavy (non-hydrogen) atoms. The molecule has 14 nitrogen and oxygen atoms in total. The van der Waals surface area contributed by atoms with Gasteiger partial charge in [0, 0.05) is 23.3 Å². The molecule has 0 unspecified atom stereocenters. The molecule has 15 heteroatoms. The summed E-state index contributed by atoms with van der Waals surface area (Å²) in [4.78, 5) is 59.0. The smallest absolute Gasteiger partial charge is 0.414 e. The van der Waals surface area contributed by atoms with Gasteiger partial charge < -0.3 is 19.6 Å². The van der Waals surface area contributed by atoms with E-state index < -0.39 is 65.7 Å². The first-order chi connectivity index (χ1) is 29.6. The number of likely N-dealkylation sites (tertiary alicyclic amines) is 1. The van der Waals surface area contributed by atoms with E-state index in [1.807, 2.05) is 26.0 Å². The van der Waals surface area contributed by atoms with Crippen molar-refractivity contribution in [1.29, 1.82) is 5.26 Å². The second kappa shape index (κ2) is 15.4. The van der Waals surface area contributed by atoms with Crippen LogP contribution in [-0.2, 0) is 33.8 Å². The molecule has 5 aliphatic carbocycles. The molecule has 6 aliphatic rings. The largest absolute Gasteiger partial charge is 0.464 e. The monoisotopic (exact) mass is 884 g/mol. The highest BCUT2D eigenvalue weighted by atomic mass is 32.2. The number of hydrogen-bond acceptors (Lipinski definition) is 12. The average molecular weight is 885 g/mol. The second-order valence-corrected chi connectivity index (χ2v) is 23.0. The summed E-state index contributed by atoms with van der Waals surface area (Å²) in [5, 5.41) is 25.1. The predicted octanol–water partition coefficient (Wildman–Crippen LogP) is 7.05. The fraction of sp³-hybridized carbons (Fsp3) is 0.646. The molecule has 8 atom stereocenters. The molecule has 1 aromatic carbocycles. The maximum atomic E-state index is 15.3. The lowest BCUT2D eigenvalue weighted by Crippen LogP contribution is -2.67. The number of ether oxygens (including phenoxy) is 2. The average Bonchev–Trinajstić information content (AvgIpc) is 3.88. The lowest BCUT2D eigenvalue weighted by Gasteiger charge is -2.69. The summed E-state index contributed by atoms with van der Waals surface area (Å²) in [5.41, 5.74) is -2.06. The third-order valence-corrected chi connectivity index (χ3v) is 18.7. The topological polar surface area (TPSA) is 201 Å². The first-order valence-corrected chi connectivity index (χ1v) is 24.0. The van der Waals surface area contributed by atoms with Gasteiger partial charge in [-0.15, -0.1) is 0 Å². The Hall–Kier alpha value is -4.84. The van der Waals surface area contributed by atoms with Crippen LogP contribution >= 0.6 is 0 Å². The number of sulfone groups is 1. The molecule has 338 valence electrons. The Bertz CT molecular complexity index is 2450. The molecule has 2 aromatic rings. The van der Waals surface area contributed by atoms with Crippen molar-refractivity contribution in [2.75, 3.05) is 19.8 Å². The molecule has 1 aliphatic heterocycles. The molecule has 0 N–H and O–H groups in total. The summed E-state index contributed by atoms with van der Waals surface area (Å²) >= 11 is 0. The third-order valence-electron chi connectivity index (χ3n) is 16.9. The van der Waals surface area contributed by atoms with Gasteiger partial charge >= 0.3 is 16.9 Å². The first-order valence-electron chi connectivity index (χ1n) is 22.5. The second-order valence-electron chi connectivity index (χ2n) is 21.1. The molecule has 0 radical (unpaired) electrons. The van der Waals surface area contributed by atoms with Crippen LogP contribution in [0.5, 0.6) is 5.88 Å². The summed E-state index contributed by atoms with van der Waals surface area (Å²) in [6, 6.07) is 8.83. The fourth-order valence-corrected chi connectivity index (χ4v) is 14.7. The van der Waals surface area contributed by atoms with Crippen LogP contribution in [0.3, 0.4) is 0 Å². The van der Waals surface area contributed by atoms with Crippen LogP contribution < -0.4 is 9.64 Å². The van der Waals surface area contributed by atoms with Gasteiger partial charge in [0.05, 0.1) is 34.3 Å². The van der Waals surface area contributed by atoms with Crippen molar-refractivity contribution in [2.24, 2.45) is 50.2 Å². The van der Waals surface area contributed by atoms with Gasteiger partial charge in [-0.25, -0.2) is 13.2 Å². The summed E-state index contributed by atoms with van der Waals surface area (Å²) < 4.78 is 42.0. The number of hydrogen-bond donors (Lipinski definition) is 0. The number of benzene rings is 1. The first kappa shape index (κ1) is 44.8. The van der Waals surface area contributed by atoms with E-state index in [0.717, 1.165) is 24.8 Å². The molecular weight excluding hydrogens is 825 g/mol. The SMILES string of the molecule is CC1(C)CC[C@]2(C(=O)N3CCC[C@H]3C(=O)OCCCCOc3no[n+]([O-])c3S(=O)(=O)c3ccccc3)CC[C@]3(C)[C@H](C(=O)C=C4[C@@]5(C)C=C(C#N)C(=O)C(C)(C)[C@@H]5CC[C@]43C)[C@@H]2C1. The normalized spacial score (nSPS) is 34.3. The minimum Gasteiger partial charge on any atom is -0.464 e. The highest BCUT2D eigenvalue weighted by molar-refractivity contribution is 7.91. The number of Topliss-reactive ketones (excluding diaryl/α,β-unsaturated/α-hetero) is 1. The van der Waals surface area contributed by atoms with Gasteiger partial charge in [0.25, 0.3) is 9.84 Å². The summed E-state index contributed by atoms with van der Waals surface area (Å²) in [7, 11) is -4.26. The minimum absolute atomic E-state index is 0.0271. The van der Waals surface area contributed by atoms with Crippen LogP contribution in [0.25, 0.3) is 0 Å². The number of amides is 1. The zero-order valence-electron chi connectivity index (χ0n) is 37.5. The Morgan fingerprint density at radius 1 is 0.984 bits per heavy atom. The van der Waals surface area contributed by atoms with Crippen molar-refractivity contribution in [3.05, 3.63) is 58.8 Å². The number of unbranched alkanes of at least 4 members (excludes halogenated alkanes) is 1. The molecule has 4 fully saturated rings. The Morgan fingerprint density at radius 2 is 1.68 bits per heavy atom. The standard InChI is InChI=1S/C48H60N4O10S/c1-43(2)19-21-48(22-20-47(7)37(32(48)28-43)34(53)26-36-45(5)27-30(29-49)38(54)44(3,4)35(45)17-18-46(36,47)6)42(56)51-23-13-16-33(51)41(55)61-25-12-11-24-60-39-40(52(57)62-50-39)63(58,59)31-14-9-8-10-15-31/h8-10,14-15,26-27,32-33,35,37H,11-13,16-25,28H2,1-7H3/t32-,33-,35-,37-,45-,46+,47+,48-/m0/s1. The molecule has 8 rings (SSSR count). The van der Waals surface area contributed by atoms with E-state index >= 15 is 9.59 Å². The van der Waals surface area contributed by atoms with E-state index in [0.29, 0.717) is 57.9 Å². The fourth-order valence-electron chi connectivity index (χ4n) is 13.4. The number of allylic oxidation sites excluding steroid dienone is 4. The molecular formula is C48H60N4O10S. The van der Waals surface area contributed by atoms with E-state index in [-0.39, 0.29) is 63.3 Å². The zero-order chi connectivity index (χ0) is 45.5. The molecule has 1 saturated heterocycles. The Morgan fingerprint density at radius 3 is 2.40 bits per heavy atom. The number of fused-ring (bicyclic) bond motifs is 7. The van der Waals surface area contributed by atoms with E-state index in [4.69, 9.17) is 9.47 Å². The Labute approximate surface area is 369 Å². The molecule has 3 saturated carbocycles. The maximum Gasteiger partial charge on any atom is 0.414 e. The van der Waals surface area contributed by atoms with Gasteiger partial charge in [-0.2, -0.15) is 5.26 Å². The number of ketones is 2. The van der Waals surface area contributed by atoms with E-state index in [1.165, 1.54) is 24.3 Å². The maximum absolute atomic E-state index is 15.3.